The summed E-state index contributed by atoms with van der Waals surface area (Å²) < 4.78 is 15.7. The van der Waals surface area contributed by atoms with Gasteiger partial charge in [-0.2, -0.15) is 0 Å². The molecule has 0 aromatic carbocycles. The third-order valence-electron chi connectivity index (χ3n) is 2.32. The van der Waals surface area contributed by atoms with Crippen LogP contribution in [0.25, 0.3) is 0 Å². The molecule has 0 atom stereocenters. The molecule has 0 fully saturated rings. The number of alkyl halides is 1. The standard InChI is InChI=1S/C14H25BrO5/c1-13(2,3)11(16)18-7-10(20-9-15)8-19-12(17)14(4,5)6/h10H,7-9H2,1-6H3. The van der Waals surface area contributed by atoms with Gasteiger partial charge >= 0.3 is 11.9 Å². The van der Waals surface area contributed by atoms with Gasteiger partial charge in [-0.25, -0.2) is 0 Å². The van der Waals surface area contributed by atoms with Gasteiger partial charge in [0.2, 0.25) is 0 Å². The van der Waals surface area contributed by atoms with Crippen LogP contribution in [0.3, 0.4) is 0 Å². The summed E-state index contributed by atoms with van der Waals surface area (Å²) in [6.07, 6.45) is -0.480. The highest BCUT2D eigenvalue weighted by Crippen LogP contribution is 2.17. The lowest BCUT2D eigenvalue weighted by Gasteiger charge is -2.22. The van der Waals surface area contributed by atoms with E-state index in [0.29, 0.717) is 0 Å². The van der Waals surface area contributed by atoms with Crippen molar-refractivity contribution in [2.75, 3.05) is 18.7 Å². The van der Waals surface area contributed by atoms with Crippen molar-refractivity contribution in [1.29, 1.82) is 0 Å². The molecule has 0 N–H and O–H groups in total. The molecule has 5 nitrogen and oxygen atoms in total. The molecule has 0 heterocycles. The maximum atomic E-state index is 11.7. The minimum Gasteiger partial charge on any atom is -0.462 e. The highest BCUT2D eigenvalue weighted by molar-refractivity contribution is 9.09. The predicted molar refractivity (Wildman–Crippen MR) is 79.5 cm³/mol. The molecular formula is C14H25BrO5. The first-order chi connectivity index (χ1) is 8.98. The second kappa shape index (κ2) is 7.98. The fourth-order valence-electron chi connectivity index (χ4n) is 1.00. The van der Waals surface area contributed by atoms with Gasteiger partial charge in [0.25, 0.3) is 0 Å². The van der Waals surface area contributed by atoms with E-state index in [-0.39, 0.29) is 30.7 Å². The van der Waals surface area contributed by atoms with Crippen LogP contribution in [0, 0.1) is 10.8 Å². The van der Waals surface area contributed by atoms with E-state index in [1.54, 1.807) is 41.5 Å². The van der Waals surface area contributed by atoms with Crippen LogP contribution in [-0.4, -0.2) is 36.8 Å². The molecule has 0 aromatic heterocycles. The number of halogens is 1. The third-order valence-corrected chi connectivity index (χ3v) is 2.59. The van der Waals surface area contributed by atoms with E-state index >= 15 is 0 Å². The Bertz CT molecular complexity index is 297. The molecule has 0 radical (unpaired) electrons. The minimum atomic E-state index is -0.568. The van der Waals surface area contributed by atoms with Crippen LogP contribution in [-0.2, 0) is 23.8 Å². The second-order valence-electron chi connectivity index (χ2n) is 6.59. The maximum absolute atomic E-state index is 11.7. The van der Waals surface area contributed by atoms with E-state index < -0.39 is 16.9 Å². The fraction of sp³-hybridized carbons (Fsp3) is 0.857. The van der Waals surface area contributed by atoms with Crippen molar-refractivity contribution in [3.63, 3.8) is 0 Å². The number of esters is 2. The summed E-state index contributed by atoms with van der Waals surface area (Å²) in [7, 11) is 0. The first-order valence-corrected chi connectivity index (χ1v) is 7.62. The van der Waals surface area contributed by atoms with E-state index in [1.165, 1.54) is 0 Å². The molecule has 0 unspecified atom stereocenters. The zero-order valence-corrected chi connectivity index (χ0v) is 14.7. The van der Waals surface area contributed by atoms with E-state index in [4.69, 9.17) is 14.2 Å². The van der Waals surface area contributed by atoms with Crippen molar-refractivity contribution in [2.24, 2.45) is 10.8 Å². The summed E-state index contributed by atoms with van der Waals surface area (Å²) in [6.45, 7) is 10.7. The molecule has 0 aliphatic heterocycles. The van der Waals surface area contributed by atoms with Crippen LogP contribution in [0.15, 0.2) is 0 Å². The summed E-state index contributed by atoms with van der Waals surface area (Å²) in [6, 6.07) is 0. The lowest BCUT2D eigenvalue weighted by Crippen LogP contribution is -2.33. The number of hydrogen-bond acceptors (Lipinski definition) is 5. The number of carbonyl (C=O) groups excluding carboxylic acids is 2. The predicted octanol–water partition coefficient (Wildman–Crippen LogP) is 2.90. The highest BCUT2D eigenvalue weighted by Gasteiger charge is 2.27. The molecular weight excluding hydrogens is 328 g/mol. The van der Waals surface area contributed by atoms with Crippen LogP contribution >= 0.6 is 15.9 Å². The van der Waals surface area contributed by atoms with Gasteiger partial charge in [0, 0.05) is 0 Å². The van der Waals surface area contributed by atoms with Crippen LogP contribution in [0.4, 0.5) is 0 Å². The molecule has 20 heavy (non-hydrogen) atoms. The Morgan fingerprint density at radius 3 is 1.50 bits per heavy atom. The zero-order chi connectivity index (χ0) is 16.0. The Labute approximate surface area is 129 Å². The van der Waals surface area contributed by atoms with Gasteiger partial charge in [-0.15, -0.1) is 0 Å². The van der Waals surface area contributed by atoms with Crippen molar-refractivity contribution in [3.8, 4) is 0 Å². The van der Waals surface area contributed by atoms with Crippen molar-refractivity contribution >= 4 is 27.9 Å². The number of carbonyl (C=O) groups is 2. The van der Waals surface area contributed by atoms with E-state index in [9.17, 15) is 9.59 Å². The summed E-state index contributed by atoms with van der Waals surface area (Å²) in [4.78, 5) is 23.3. The molecule has 0 spiro atoms. The summed E-state index contributed by atoms with van der Waals surface area (Å²) in [5.74, 6) is -0.634. The zero-order valence-electron chi connectivity index (χ0n) is 13.1. The Balaban J connectivity index is 4.31. The minimum absolute atomic E-state index is 0.0547. The molecule has 0 aromatic rings. The Kier molecular flexibility index (Phi) is 7.73. The van der Waals surface area contributed by atoms with Gasteiger partial charge in [0.15, 0.2) is 0 Å². The quantitative estimate of drug-likeness (QED) is 0.543. The molecule has 0 aliphatic carbocycles. The molecule has 0 saturated heterocycles. The molecule has 0 aliphatic rings. The van der Waals surface area contributed by atoms with Gasteiger partial charge in [-0.3, -0.25) is 9.59 Å². The van der Waals surface area contributed by atoms with Gasteiger partial charge < -0.3 is 14.2 Å². The summed E-state index contributed by atoms with van der Waals surface area (Å²) in [5, 5.41) is 0. The topological polar surface area (TPSA) is 61.8 Å². The summed E-state index contributed by atoms with van der Waals surface area (Å²) >= 11 is 3.14. The monoisotopic (exact) mass is 352 g/mol. The Morgan fingerprint density at radius 2 is 1.25 bits per heavy atom. The molecule has 0 saturated carbocycles. The van der Waals surface area contributed by atoms with Gasteiger partial charge in [0.05, 0.1) is 10.8 Å². The summed E-state index contributed by atoms with van der Waals surface area (Å²) in [5.41, 5.74) is -0.861. The molecule has 118 valence electrons. The normalized spacial score (nSPS) is 12.4. The molecule has 0 bridgehead atoms. The van der Waals surface area contributed by atoms with Crippen LogP contribution in [0.5, 0.6) is 0 Å². The molecule has 6 heteroatoms. The van der Waals surface area contributed by atoms with Crippen LogP contribution in [0.2, 0.25) is 0 Å². The maximum Gasteiger partial charge on any atom is 0.311 e. The largest absolute Gasteiger partial charge is 0.462 e. The first kappa shape index (κ1) is 19.4. The van der Waals surface area contributed by atoms with Gasteiger partial charge in [0.1, 0.15) is 24.8 Å². The van der Waals surface area contributed by atoms with Crippen molar-refractivity contribution in [1.82, 2.24) is 0 Å². The Morgan fingerprint density at radius 1 is 0.900 bits per heavy atom. The van der Waals surface area contributed by atoms with Crippen molar-refractivity contribution in [2.45, 2.75) is 47.6 Å². The third kappa shape index (κ3) is 7.85. The van der Waals surface area contributed by atoms with E-state index in [2.05, 4.69) is 15.9 Å². The Hall–Kier alpha value is -0.620. The number of ether oxygens (including phenoxy) is 3. The van der Waals surface area contributed by atoms with Crippen LogP contribution in [0.1, 0.15) is 41.5 Å². The van der Waals surface area contributed by atoms with Gasteiger partial charge in [-0.1, -0.05) is 15.9 Å². The SMILES string of the molecule is CC(C)(C)C(=O)OCC(COC(=O)C(C)(C)C)OCBr. The van der Waals surface area contributed by atoms with Crippen molar-refractivity contribution < 1.29 is 23.8 Å². The molecule has 0 amide bonds. The number of hydrogen-bond donors (Lipinski definition) is 0. The second-order valence-corrected chi connectivity index (χ2v) is 7.05. The number of rotatable bonds is 6. The highest BCUT2D eigenvalue weighted by atomic mass is 79.9. The van der Waals surface area contributed by atoms with Gasteiger partial charge in [-0.05, 0) is 41.5 Å². The van der Waals surface area contributed by atoms with E-state index in [1.807, 2.05) is 0 Å². The average molecular weight is 353 g/mol. The molecule has 0 rings (SSSR count). The fourth-order valence-corrected chi connectivity index (χ4v) is 1.38. The van der Waals surface area contributed by atoms with Crippen molar-refractivity contribution in [3.05, 3.63) is 0 Å². The lowest BCUT2D eigenvalue weighted by molar-refractivity contribution is -0.163. The smallest absolute Gasteiger partial charge is 0.311 e. The first-order valence-electron chi connectivity index (χ1n) is 6.50. The average Bonchev–Trinajstić information content (AvgIpc) is 2.29. The van der Waals surface area contributed by atoms with E-state index in [0.717, 1.165) is 0 Å². The van der Waals surface area contributed by atoms with Crippen LogP contribution < -0.4 is 0 Å². The lowest BCUT2D eigenvalue weighted by atomic mass is 9.97.